The average Bonchev–Trinajstić information content (AvgIpc) is 2.95. The van der Waals surface area contributed by atoms with E-state index in [9.17, 15) is 4.79 Å². The zero-order valence-corrected chi connectivity index (χ0v) is 13.0. The van der Waals surface area contributed by atoms with E-state index in [0.29, 0.717) is 12.5 Å². The Morgan fingerprint density at radius 3 is 2.90 bits per heavy atom. The van der Waals surface area contributed by atoms with Crippen molar-refractivity contribution in [3.8, 4) is 5.75 Å². The Morgan fingerprint density at radius 1 is 1.38 bits per heavy atom. The lowest BCUT2D eigenvalue weighted by molar-refractivity contribution is -0.132. The van der Waals surface area contributed by atoms with E-state index in [-0.39, 0.29) is 5.91 Å². The Balaban J connectivity index is 1.60. The SMILES string of the molecule is CN1CCC(N(C)C(=O)Cc2ccc3c(c2)CCO3)CC1. The number of carbonyl (C=O) groups excluding carboxylic acids is 1. The van der Waals surface area contributed by atoms with E-state index >= 15 is 0 Å². The second-order valence-corrected chi connectivity index (χ2v) is 6.26. The summed E-state index contributed by atoms with van der Waals surface area (Å²) in [5.74, 6) is 1.21. The molecule has 4 heteroatoms. The molecule has 1 aromatic rings. The fourth-order valence-corrected chi connectivity index (χ4v) is 3.24. The molecule has 1 amide bonds. The number of fused-ring (bicyclic) bond motifs is 1. The summed E-state index contributed by atoms with van der Waals surface area (Å²) in [6.07, 6.45) is 3.62. The predicted octanol–water partition coefficient (Wildman–Crippen LogP) is 1.72. The van der Waals surface area contributed by atoms with Gasteiger partial charge in [0.25, 0.3) is 0 Å². The van der Waals surface area contributed by atoms with Crippen molar-refractivity contribution in [2.45, 2.75) is 31.7 Å². The lowest BCUT2D eigenvalue weighted by Crippen LogP contribution is -2.44. The van der Waals surface area contributed by atoms with Crippen LogP contribution < -0.4 is 4.74 Å². The third-order valence-corrected chi connectivity index (χ3v) is 4.74. The molecule has 0 aliphatic carbocycles. The third kappa shape index (κ3) is 3.21. The maximum atomic E-state index is 12.5. The standard InChI is InChI=1S/C17H24N2O2/c1-18-8-5-15(6-9-18)19(2)17(20)12-13-3-4-16-14(11-13)7-10-21-16/h3-4,11,15H,5-10,12H2,1-2H3. The van der Waals surface area contributed by atoms with Crippen LogP contribution in [0.4, 0.5) is 0 Å². The summed E-state index contributed by atoms with van der Waals surface area (Å²) in [6.45, 7) is 2.93. The van der Waals surface area contributed by atoms with Gasteiger partial charge in [-0.2, -0.15) is 0 Å². The lowest BCUT2D eigenvalue weighted by Gasteiger charge is -2.35. The number of amides is 1. The first-order valence-corrected chi connectivity index (χ1v) is 7.82. The maximum Gasteiger partial charge on any atom is 0.226 e. The van der Waals surface area contributed by atoms with Crippen molar-refractivity contribution in [3.63, 3.8) is 0 Å². The van der Waals surface area contributed by atoms with Crippen LogP contribution in [-0.2, 0) is 17.6 Å². The predicted molar refractivity (Wildman–Crippen MR) is 82.6 cm³/mol. The second-order valence-electron chi connectivity index (χ2n) is 6.26. The number of ether oxygens (including phenoxy) is 1. The molecular weight excluding hydrogens is 264 g/mol. The molecule has 0 radical (unpaired) electrons. The van der Waals surface area contributed by atoms with Gasteiger partial charge in [-0.25, -0.2) is 0 Å². The number of carbonyl (C=O) groups is 1. The molecule has 2 heterocycles. The van der Waals surface area contributed by atoms with E-state index in [0.717, 1.165) is 50.3 Å². The summed E-state index contributed by atoms with van der Waals surface area (Å²) in [5, 5.41) is 0. The zero-order chi connectivity index (χ0) is 14.8. The maximum absolute atomic E-state index is 12.5. The van der Waals surface area contributed by atoms with Crippen LogP contribution in [-0.4, -0.2) is 55.5 Å². The summed E-state index contributed by atoms with van der Waals surface area (Å²) >= 11 is 0. The van der Waals surface area contributed by atoms with Gasteiger partial charge in [0.1, 0.15) is 5.75 Å². The smallest absolute Gasteiger partial charge is 0.226 e. The van der Waals surface area contributed by atoms with Crippen molar-refractivity contribution in [2.24, 2.45) is 0 Å². The summed E-state index contributed by atoms with van der Waals surface area (Å²) in [7, 11) is 4.10. The quantitative estimate of drug-likeness (QED) is 0.849. The molecule has 0 atom stereocenters. The van der Waals surface area contributed by atoms with Gasteiger partial charge in [-0.05, 0) is 50.2 Å². The van der Waals surface area contributed by atoms with Crippen molar-refractivity contribution < 1.29 is 9.53 Å². The highest BCUT2D eigenvalue weighted by molar-refractivity contribution is 5.79. The molecule has 1 saturated heterocycles. The van der Waals surface area contributed by atoms with Crippen molar-refractivity contribution in [1.29, 1.82) is 0 Å². The van der Waals surface area contributed by atoms with Crippen molar-refractivity contribution in [3.05, 3.63) is 29.3 Å². The molecule has 1 aromatic carbocycles. The van der Waals surface area contributed by atoms with E-state index in [1.54, 1.807) is 0 Å². The minimum Gasteiger partial charge on any atom is -0.493 e. The zero-order valence-electron chi connectivity index (χ0n) is 13.0. The van der Waals surface area contributed by atoms with Gasteiger partial charge in [0, 0.05) is 19.5 Å². The Labute approximate surface area is 126 Å². The summed E-state index contributed by atoms with van der Waals surface area (Å²) in [4.78, 5) is 16.8. The van der Waals surface area contributed by atoms with Gasteiger partial charge in [0.2, 0.25) is 5.91 Å². The molecule has 0 aromatic heterocycles. The molecule has 0 saturated carbocycles. The van der Waals surface area contributed by atoms with Crippen LogP contribution in [0, 0.1) is 0 Å². The van der Waals surface area contributed by atoms with Gasteiger partial charge in [-0.1, -0.05) is 12.1 Å². The number of benzene rings is 1. The summed E-state index contributed by atoms with van der Waals surface area (Å²) in [6, 6.07) is 6.54. The Bertz CT molecular complexity index is 522. The first kappa shape index (κ1) is 14.4. The minimum atomic E-state index is 0.225. The van der Waals surface area contributed by atoms with Crippen LogP contribution in [0.2, 0.25) is 0 Å². The van der Waals surface area contributed by atoms with Crippen LogP contribution in [0.25, 0.3) is 0 Å². The normalized spacial score (nSPS) is 19.1. The molecule has 4 nitrogen and oxygen atoms in total. The summed E-state index contributed by atoms with van der Waals surface area (Å²) in [5.41, 5.74) is 2.34. The van der Waals surface area contributed by atoms with Gasteiger partial charge in [-0.3, -0.25) is 4.79 Å². The minimum absolute atomic E-state index is 0.225. The largest absolute Gasteiger partial charge is 0.493 e. The molecule has 0 bridgehead atoms. The van der Waals surface area contributed by atoms with Gasteiger partial charge in [-0.15, -0.1) is 0 Å². The van der Waals surface area contributed by atoms with Gasteiger partial charge < -0.3 is 14.5 Å². The summed E-state index contributed by atoms with van der Waals surface area (Å²) < 4.78 is 5.51. The fraction of sp³-hybridized carbons (Fsp3) is 0.588. The van der Waals surface area contributed by atoms with E-state index < -0.39 is 0 Å². The Morgan fingerprint density at radius 2 is 2.14 bits per heavy atom. The number of rotatable bonds is 3. The first-order chi connectivity index (χ1) is 10.1. The number of likely N-dealkylation sites (tertiary alicyclic amines) is 1. The topological polar surface area (TPSA) is 32.8 Å². The van der Waals surface area contributed by atoms with Gasteiger partial charge >= 0.3 is 0 Å². The van der Waals surface area contributed by atoms with Gasteiger partial charge in [0.15, 0.2) is 0 Å². The molecule has 0 spiro atoms. The van der Waals surface area contributed by atoms with Crippen LogP contribution >= 0.6 is 0 Å². The van der Waals surface area contributed by atoms with Crippen molar-refractivity contribution in [1.82, 2.24) is 9.80 Å². The molecule has 114 valence electrons. The molecular formula is C17H24N2O2. The molecule has 21 heavy (non-hydrogen) atoms. The molecule has 0 unspecified atom stereocenters. The molecule has 2 aliphatic rings. The molecule has 3 rings (SSSR count). The second kappa shape index (κ2) is 6.06. The molecule has 0 N–H and O–H groups in total. The highest BCUT2D eigenvalue weighted by Gasteiger charge is 2.24. The van der Waals surface area contributed by atoms with Crippen LogP contribution in [0.1, 0.15) is 24.0 Å². The Hall–Kier alpha value is -1.55. The number of hydrogen-bond acceptors (Lipinski definition) is 3. The number of likely N-dealkylation sites (N-methyl/N-ethyl adjacent to an activating group) is 1. The molecule has 1 fully saturated rings. The van der Waals surface area contributed by atoms with E-state index in [1.165, 1.54) is 5.56 Å². The first-order valence-electron chi connectivity index (χ1n) is 7.82. The highest BCUT2D eigenvalue weighted by Crippen LogP contribution is 2.26. The number of piperidine rings is 1. The third-order valence-electron chi connectivity index (χ3n) is 4.74. The van der Waals surface area contributed by atoms with Crippen LogP contribution in [0.3, 0.4) is 0 Å². The van der Waals surface area contributed by atoms with Crippen LogP contribution in [0.15, 0.2) is 18.2 Å². The van der Waals surface area contributed by atoms with Gasteiger partial charge in [0.05, 0.1) is 13.0 Å². The van der Waals surface area contributed by atoms with Crippen LogP contribution in [0.5, 0.6) is 5.75 Å². The van der Waals surface area contributed by atoms with E-state index in [1.807, 2.05) is 24.1 Å². The average molecular weight is 288 g/mol. The lowest BCUT2D eigenvalue weighted by atomic mass is 10.0. The fourth-order valence-electron chi connectivity index (χ4n) is 3.24. The van der Waals surface area contributed by atoms with Crippen molar-refractivity contribution >= 4 is 5.91 Å². The molecule has 2 aliphatic heterocycles. The van der Waals surface area contributed by atoms with E-state index in [4.69, 9.17) is 4.74 Å². The van der Waals surface area contributed by atoms with Crippen molar-refractivity contribution in [2.75, 3.05) is 33.8 Å². The Kier molecular flexibility index (Phi) is 4.15. The number of nitrogens with zero attached hydrogens (tertiary/aromatic N) is 2. The highest BCUT2D eigenvalue weighted by atomic mass is 16.5. The number of hydrogen-bond donors (Lipinski definition) is 0. The monoisotopic (exact) mass is 288 g/mol. The van der Waals surface area contributed by atoms with E-state index in [2.05, 4.69) is 18.0 Å².